The maximum atomic E-state index is 12.4. The summed E-state index contributed by atoms with van der Waals surface area (Å²) in [5.74, 6) is 0.738. The number of nitrogens with zero attached hydrogens (tertiary/aromatic N) is 1. The Hall–Kier alpha value is -0.570. The standard InChI is InChI=1S/C18H35NO2/c1-8-14(2)9-10-17(3,4)13-18(5,6)16(20)21-15-11-19(7)12-15/h14-15H,8-13H2,1-7H3. The minimum atomic E-state index is -0.396. The molecule has 0 aromatic heterocycles. The lowest BCUT2D eigenvalue weighted by Crippen LogP contribution is -2.51. The third-order valence-corrected chi connectivity index (χ3v) is 4.79. The molecule has 0 aliphatic carbocycles. The Kier molecular flexibility index (Phi) is 6.27. The fraction of sp³-hybridized carbons (Fsp3) is 0.944. The van der Waals surface area contributed by atoms with Gasteiger partial charge in [-0.2, -0.15) is 0 Å². The predicted octanol–water partition coefficient (Wildman–Crippen LogP) is 4.11. The van der Waals surface area contributed by atoms with Gasteiger partial charge in [-0.3, -0.25) is 9.69 Å². The molecule has 0 bridgehead atoms. The average Bonchev–Trinajstić information content (AvgIpc) is 2.32. The van der Waals surface area contributed by atoms with Crippen LogP contribution in [0.2, 0.25) is 0 Å². The Morgan fingerprint density at radius 3 is 2.33 bits per heavy atom. The molecule has 0 N–H and O–H groups in total. The van der Waals surface area contributed by atoms with Crippen molar-refractivity contribution in [2.75, 3.05) is 20.1 Å². The second-order valence-electron chi connectivity index (χ2n) is 8.53. The molecule has 1 aliphatic heterocycles. The van der Waals surface area contributed by atoms with Gasteiger partial charge in [0.15, 0.2) is 0 Å². The first-order valence-electron chi connectivity index (χ1n) is 8.45. The van der Waals surface area contributed by atoms with E-state index in [1.807, 2.05) is 20.9 Å². The number of carbonyl (C=O) groups excluding carboxylic acids is 1. The molecule has 3 heteroatoms. The van der Waals surface area contributed by atoms with Crippen molar-refractivity contribution in [3.05, 3.63) is 0 Å². The average molecular weight is 297 g/mol. The highest BCUT2D eigenvalue weighted by atomic mass is 16.5. The zero-order valence-electron chi connectivity index (χ0n) is 15.2. The SMILES string of the molecule is CCC(C)CCC(C)(C)CC(C)(C)C(=O)OC1CN(C)C1. The van der Waals surface area contributed by atoms with Gasteiger partial charge in [0.25, 0.3) is 0 Å². The van der Waals surface area contributed by atoms with Gasteiger partial charge in [0.1, 0.15) is 6.10 Å². The maximum Gasteiger partial charge on any atom is 0.311 e. The van der Waals surface area contributed by atoms with E-state index in [2.05, 4.69) is 32.6 Å². The second-order valence-corrected chi connectivity index (χ2v) is 8.53. The lowest BCUT2D eigenvalue weighted by atomic mass is 9.72. The Balaban J connectivity index is 2.46. The number of hydrogen-bond donors (Lipinski definition) is 0. The van der Waals surface area contributed by atoms with Gasteiger partial charge in [0, 0.05) is 13.1 Å². The highest BCUT2D eigenvalue weighted by Gasteiger charge is 2.38. The highest BCUT2D eigenvalue weighted by Crippen LogP contribution is 2.39. The summed E-state index contributed by atoms with van der Waals surface area (Å²) in [6.45, 7) is 14.9. The number of hydrogen-bond acceptors (Lipinski definition) is 3. The largest absolute Gasteiger partial charge is 0.459 e. The molecule has 1 fully saturated rings. The number of likely N-dealkylation sites (tertiary alicyclic amines) is 1. The van der Waals surface area contributed by atoms with Gasteiger partial charge in [-0.25, -0.2) is 0 Å². The molecule has 1 rings (SSSR count). The van der Waals surface area contributed by atoms with Gasteiger partial charge < -0.3 is 4.74 Å². The molecule has 1 aliphatic rings. The van der Waals surface area contributed by atoms with Crippen LogP contribution in [0.5, 0.6) is 0 Å². The van der Waals surface area contributed by atoms with Crippen LogP contribution in [0.15, 0.2) is 0 Å². The number of likely N-dealkylation sites (N-methyl/N-ethyl adjacent to an activating group) is 1. The molecular weight excluding hydrogens is 262 g/mol. The van der Waals surface area contributed by atoms with Crippen molar-refractivity contribution in [1.29, 1.82) is 0 Å². The third kappa shape index (κ3) is 5.98. The highest BCUT2D eigenvalue weighted by molar-refractivity contribution is 5.76. The molecule has 1 unspecified atom stereocenters. The lowest BCUT2D eigenvalue weighted by molar-refractivity contribution is -0.168. The van der Waals surface area contributed by atoms with Crippen molar-refractivity contribution in [3.63, 3.8) is 0 Å². The molecule has 0 amide bonds. The summed E-state index contributed by atoms with van der Waals surface area (Å²) >= 11 is 0. The molecule has 1 saturated heterocycles. The minimum Gasteiger partial charge on any atom is -0.459 e. The number of carbonyl (C=O) groups is 1. The van der Waals surface area contributed by atoms with E-state index in [9.17, 15) is 4.79 Å². The fourth-order valence-corrected chi connectivity index (χ4v) is 3.23. The Morgan fingerprint density at radius 2 is 1.86 bits per heavy atom. The van der Waals surface area contributed by atoms with Gasteiger partial charge in [0.2, 0.25) is 0 Å². The van der Waals surface area contributed by atoms with Crippen molar-refractivity contribution in [2.45, 2.75) is 73.3 Å². The molecule has 0 radical (unpaired) electrons. The first-order valence-corrected chi connectivity index (χ1v) is 8.45. The normalized spacial score (nSPS) is 19.2. The summed E-state index contributed by atoms with van der Waals surface area (Å²) in [5, 5.41) is 0. The summed E-state index contributed by atoms with van der Waals surface area (Å²) in [4.78, 5) is 14.6. The molecule has 1 heterocycles. The van der Waals surface area contributed by atoms with Crippen LogP contribution < -0.4 is 0 Å². The van der Waals surface area contributed by atoms with E-state index in [0.29, 0.717) is 0 Å². The molecular formula is C18H35NO2. The van der Waals surface area contributed by atoms with Crippen LogP contribution in [0.1, 0.15) is 67.2 Å². The zero-order valence-corrected chi connectivity index (χ0v) is 15.2. The van der Waals surface area contributed by atoms with Crippen molar-refractivity contribution in [1.82, 2.24) is 4.90 Å². The topological polar surface area (TPSA) is 29.5 Å². The second kappa shape index (κ2) is 7.13. The van der Waals surface area contributed by atoms with E-state index in [1.54, 1.807) is 0 Å². The molecule has 0 saturated carbocycles. The van der Waals surface area contributed by atoms with Gasteiger partial charge in [-0.05, 0) is 45.1 Å². The van der Waals surface area contributed by atoms with Crippen LogP contribution in [0, 0.1) is 16.7 Å². The Morgan fingerprint density at radius 1 is 1.29 bits per heavy atom. The molecule has 3 nitrogen and oxygen atoms in total. The maximum absolute atomic E-state index is 12.4. The first-order chi connectivity index (χ1) is 9.55. The van der Waals surface area contributed by atoms with Gasteiger partial charge >= 0.3 is 5.97 Å². The fourth-order valence-electron chi connectivity index (χ4n) is 3.23. The van der Waals surface area contributed by atoms with E-state index in [4.69, 9.17) is 4.74 Å². The van der Waals surface area contributed by atoms with Gasteiger partial charge in [-0.1, -0.05) is 40.5 Å². The molecule has 21 heavy (non-hydrogen) atoms. The van der Waals surface area contributed by atoms with E-state index in [1.165, 1.54) is 19.3 Å². The van der Waals surface area contributed by atoms with Crippen LogP contribution in [0.4, 0.5) is 0 Å². The van der Waals surface area contributed by atoms with Gasteiger partial charge in [0.05, 0.1) is 5.41 Å². The van der Waals surface area contributed by atoms with Gasteiger partial charge in [-0.15, -0.1) is 0 Å². The molecule has 0 spiro atoms. The summed E-state index contributed by atoms with van der Waals surface area (Å²) in [6.07, 6.45) is 4.63. The van der Waals surface area contributed by atoms with Crippen LogP contribution in [-0.4, -0.2) is 37.1 Å². The Bertz CT molecular complexity index is 343. The molecule has 1 atom stereocenters. The van der Waals surface area contributed by atoms with Crippen LogP contribution in [-0.2, 0) is 9.53 Å². The summed E-state index contributed by atoms with van der Waals surface area (Å²) < 4.78 is 5.63. The zero-order chi connectivity index (χ0) is 16.3. The number of rotatable bonds is 8. The number of ether oxygens (including phenoxy) is 1. The minimum absolute atomic E-state index is 0.0304. The first kappa shape index (κ1) is 18.5. The smallest absolute Gasteiger partial charge is 0.311 e. The molecule has 0 aromatic rings. The van der Waals surface area contributed by atoms with E-state index >= 15 is 0 Å². The lowest BCUT2D eigenvalue weighted by Gasteiger charge is -2.39. The van der Waals surface area contributed by atoms with E-state index in [0.717, 1.165) is 25.4 Å². The van der Waals surface area contributed by atoms with Crippen molar-refractivity contribution in [3.8, 4) is 0 Å². The van der Waals surface area contributed by atoms with Crippen molar-refractivity contribution >= 4 is 5.97 Å². The summed E-state index contributed by atoms with van der Waals surface area (Å²) in [5.41, 5.74) is -0.213. The van der Waals surface area contributed by atoms with E-state index < -0.39 is 5.41 Å². The number of esters is 1. The quantitative estimate of drug-likeness (QED) is 0.631. The van der Waals surface area contributed by atoms with Crippen molar-refractivity contribution in [2.24, 2.45) is 16.7 Å². The van der Waals surface area contributed by atoms with Crippen molar-refractivity contribution < 1.29 is 9.53 Å². The van der Waals surface area contributed by atoms with Crippen LogP contribution >= 0.6 is 0 Å². The van der Waals surface area contributed by atoms with E-state index in [-0.39, 0.29) is 17.5 Å². The Labute approximate surface area is 131 Å². The van der Waals surface area contributed by atoms with Crippen LogP contribution in [0.25, 0.3) is 0 Å². The summed E-state index contributed by atoms with van der Waals surface area (Å²) in [7, 11) is 2.05. The predicted molar refractivity (Wildman–Crippen MR) is 88.2 cm³/mol. The molecule has 124 valence electrons. The molecule has 0 aromatic carbocycles. The monoisotopic (exact) mass is 297 g/mol. The third-order valence-electron chi connectivity index (χ3n) is 4.79. The summed E-state index contributed by atoms with van der Waals surface area (Å²) in [6, 6.07) is 0. The van der Waals surface area contributed by atoms with Crippen LogP contribution in [0.3, 0.4) is 0 Å².